The topological polar surface area (TPSA) is 81.1 Å². The Bertz CT molecular complexity index is 1410. The molecule has 168 valence electrons. The van der Waals surface area contributed by atoms with Crippen molar-refractivity contribution in [1.29, 1.82) is 0 Å². The SMILES string of the molecule is Cc1c(C(=O)Nc2ccc(S(C)(=O)=O)cc2)cn(Cc2cccc(Cl)n2)c1-c1ccccc1. The van der Waals surface area contributed by atoms with Gasteiger partial charge in [-0.05, 0) is 54.4 Å². The quantitative estimate of drug-likeness (QED) is 0.384. The van der Waals surface area contributed by atoms with Crippen LogP contribution in [0.15, 0.2) is 83.9 Å². The largest absolute Gasteiger partial charge is 0.340 e. The molecule has 6 nitrogen and oxygen atoms in total. The highest BCUT2D eigenvalue weighted by atomic mass is 35.5. The summed E-state index contributed by atoms with van der Waals surface area (Å²) in [4.78, 5) is 17.7. The van der Waals surface area contributed by atoms with Crippen molar-refractivity contribution in [3.05, 3.63) is 101 Å². The van der Waals surface area contributed by atoms with Gasteiger partial charge >= 0.3 is 0 Å². The van der Waals surface area contributed by atoms with Crippen molar-refractivity contribution in [2.75, 3.05) is 11.6 Å². The molecule has 2 aromatic heterocycles. The molecule has 0 bridgehead atoms. The van der Waals surface area contributed by atoms with Crippen molar-refractivity contribution in [2.45, 2.75) is 18.4 Å². The molecule has 8 heteroatoms. The highest BCUT2D eigenvalue weighted by Crippen LogP contribution is 2.29. The van der Waals surface area contributed by atoms with Crippen LogP contribution in [-0.4, -0.2) is 30.1 Å². The fourth-order valence-electron chi connectivity index (χ4n) is 3.69. The Morgan fingerprint density at radius 1 is 1.00 bits per heavy atom. The summed E-state index contributed by atoms with van der Waals surface area (Å²) in [5.41, 5.74) is 4.52. The number of sulfone groups is 1. The zero-order valence-corrected chi connectivity index (χ0v) is 19.7. The molecule has 0 aliphatic heterocycles. The molecule has 0 radical (unpaired) electrons. The lowest BCUT2D eigenvalue weighted by molar-refractivity contribution is 0.102. The summed E-state index contributed by atoms with van der Waals surface area (Å²) in [6.07, 6.45) is 2.95. The van der Waals surface area contributed by atoms with Gasteiger partial charge in [0, 0.05) is 18.1 Å². The molecule has 2 aromatic carbocycles. The van der Waals surface area contributed by atoms with Crippen molar-refractivity contribution in [3.8, 4) is 11.3 Å². The van der Waals surface area contributed by atoms with E-state index in [4.69, 9.17) is 11.6 Å². The number of hydrogen-bond acceptors (Lipinski definition) is 4. The van der Waals surface area contributed by atoms with Crippen LogP contribution in [0.2, 0.25) is 5.15 Å². The van der Waals surface area contributed by atoms with Crippen LogP contribution in [-0.2, 0) is 16.4 Å². The molecule has 4 aromatic rings. The number of benzene rings is 2. The van der Waals surface area contributed by atoms with E-state index in [0.717, 1.165) is 28.8 Å². The van der Waals surface area contributed by atoms with Gasteiger partial charge in [-0.25, -0.2) is 13.4 Å². The fourth-order valence-corrected chi connectivity index (χ4v) is 4.50. The Morgan fingerprint density at radius 2 is 1.70 bits per heavy atom. The van der Waals surface area contributed by atoms with Crippen LogP contribution in [0.3, 0.4) is 0 Å². The molecule has 1 amide bonds. The minimum Gasteiger partial charge on any atom is -0.340 e. The van der Waals surface area contributed by atoms with Crippen LogP contribution in [0.4, 0.5) is 5.69 Å². The number of halogens is 1. The number of carbonyl (C=O) groups excluding carboxylic acids is 1. The number of nitrogens with one attached hydrogen (secondary N) is 1. The van der Waals surface area contributed by atoms with Gasteiger partial charge in [0.1, 0.15) is 5.15 Å². The zero-order chi connectivity index (χ0) is 23.6. The summed E-state index contributed by atoms with van der Waals surface area (Å²) in [5.74, 6) is -0.283. The number of pyridine rings is 1. The number of hydrogen-bond donors (Lipinski definition) is 1. The highest BCUT2D eigenvalue weighted by Gasteiger charge is 2.20. The average molecular weight is 480 g/mol. The molecule has 0 spiro atoms. The number of aromatic nitrogens is 2. The Kier molecular flexibility index (Phi) is 6.35. The van der Waals surface area contributed by atoms with Crippen LogP contribution in [0.1, 0.15) is 21.6 Å². The number of amides is 1. The lowest BCUT2D eigenvalue weighted by Crippen LogP contribution is -2.12. The maximum Gasteiger partial charge on any atom is 0.257 e. The minimum absolute atomic E-state index is 0.197. The summed E-state index contributed by atoms with van der Waals surface area (Å²) >= 11 is 6.06. The highest BCUT2D eigenvalue weighted by molar-refractivity contribution is 7.90. The van der Waals surface area contributed by atoms with Gasteiger partial charge in [0.2, 0.25) is 0 Å². The van der Waals surface area contributed by atoms with Crippen molar-refractivity contribution in [1.82, 2.24) is 9.55 Å². The average Bonchev–Trinajstić information content (AvgIpc) is 3.10. The Labute approximate surface area is 197 Å². The first kappa shape index (κ1) is 22.8. The molecule has 2 heterocycles. The van der Waals surface area contributed by atoms with Gasteiger partial charge in [-0.2, -0.15) is 0 Å². The minimum atomic E-state index is -3.30. The Balaban J connectivity index is 1.69. The van der Waals surface area contributed by atoms with E-state index >= 15 is 0 Å². The number of anilines is 1. The monoisotopic (exact) mass is 479 g/mol. The van der Waals surface area contributed by atoms with E-state index in [9.17, 15) is 13.2 Å². The number of carbonyl (C=O) groups is 1. The van der Waals surface area contributed by atoms with E-state index in [1.807, 2.05) is 54.0 Å². The zero-order valence-electron chi connectivity index (χ0n) is 18.1. The predicted octanol–water partition coefficient (Wildman–Crippen LogP) is 5.22. The second-order valence-electron chi connectivity index (χ2n) is 7.71. The molecule has 0 saturated carbocycles. The van der Waals surface area contributed by atoms with Crippen molar-refractivity contribution < 1.29 is 13.2 Å². The molecule has 33 heavy (non-hydrogen) atoms. The van der Waals surface area contributed by atoms with Gasteiger partial charge in [-0.15, -0.1) is 0 Å². The van der Waals surface area contributed by atoms with E-state index < -0.39 is 9.84 Å². The summed E-state index contributed by atoms with van der Waals surface area (Å²) in [6, 6.07) is 21.4. The summed E-state index contributed by atoms with van der Waals surface area (Å²) in [6.45, 7) is 2.36. The molecular formula is C25H22ClN3O3S. The van der Waals surface area contributed by atoms with E-state index in [0.29, 0.717) is 22.9 Å². The smallest absolute Gasteiger partial charge is 0.257 e. The third-order valence-corrected chi connectivity index (χ3v) is 6.61. The molecule has 0 aliphatic carbocycles. The third kappa shape index (κ3) is 5.16. The summed E-state index contributed by atoms with van der Waals surface area (Å²) in [7, 11) is -3.30. The first-order valence-electron chi connectivity index (χ1n) is 10.2. The lowest BCUT2D eigenvalue weighted by atomic mass is 10.1. The molecule has 1 N–H and O–H groups in total. The number of nitrogens with zero attached hydrogens (tertiary/aromatic N) is 2. The van der Waals surface area contributed by atoms with E-state index in [-0.39, 0.29) is 10.8 Å². The number of rotatable bonds is 6. The molecule has 0 unspecified atom stereocenters. The van der Waals surface area contributed by atoms with Crippen LogP contribution < -0.4 is 5.32 Å². The second kappa shape index (κ2) is 9.21. The molecular weight excluding hydrogens is 458 g/mol. The Morgan fingerprint density at radius 3 is 2.33 bits per heavy atom. The normalized spacial score (nSPS) is 11.4. The maximum absolute atomic E-state index is 13.1. The van der Waals surface area contributed by atoms with Crippen molar-refractivity contribution >= 4 is 33.0 Å². The molecule has 0 aliphatic rings. The lowest BCUT2D eigenvalue weighted by Gasteiger charge is -2.10. The predicted molar refractivity (Wildman–Crippen MR) is 130 cm³/mol. The standard InChI is InChI=1S/C25H22ClN3O3S/c1-17-22(25(30)28-19-11-13-21(14-12-19)33(2,31)32)16-29(15-20-9-6-10-23(26)27-20)24(17)18-7-4-3-5-8-18/h3-14,16H,15H2,1-2H3,(H,28,30). The second-order valence-corrected chi connectivity index (χ2v) is 10.1. The molecule has 0 atom stereocenters. The van der Waals surface area contributed by atoms with Gasteiger partial charge < -0.3 is 9.88 Å². The van der Waals surface area contributed by atoms with Gasteiger partial charge in [0.25, 0.3) is 5.91 Å². The maximum atomic E-state index is 13.1. The van der Waals surface area contributed by atoms with E-state index in [2.05, 4.69) is 10.3 Å². The molecule has 0 saturated heterocycles. The van der Waals surface area contributed by atoms with Crippen molar-refractivity contribution in [3.63, 3.8) is 0 Å². The first-order chi connectivity index (χ1) is 15.7. The summed E-state index contributed by atoms with van der Waals surface area (Å²) in [5, 5.41) is 3.27. The van der Waals surface area contributed by atoms with E-state index in [1.54, 1.807) is 24.4 Å². The first-order valence-corrected chi connectivity index (χ1v) is 12.5. The summed E-state index contributed by atoms with van der Waals surface area (Å²) < 4.78 is 25.3. The van der Waals surface area contributed by atoms with Gasteiger partial charge in [-0.3, -0.25) is 4.79 Å². The third-order valence-electron chi connectivity index (χ3n) is 5.27. The van der Waals surface area contributed by atoms with Gasteiger partial charge in [0.05, 0.1) is 28.4 Å². The van der Waals surface area contributed by atoms with Crippen molar-refractivity contribution in [2.24, 2.45) is 0 Å². The van der Waals surface area contributed by atoms with E-state index in [1.165, 1.54) is 12.1 Å². The van der Waals surface area contributed by atoms with Crippen LogP contribution >= 0.6 is 11.6 Å². The van der Waals surface area contributed by atoms with Crippen LogP contribution in [0.5, 0.6) is 0 Å². The van der Waals surface area contributed by atoms with Crippen LogP contribution in [0.25, 0.3) is 11.3 Å². The Hall–Kier alpha value is -3.42. The fraction of sp³-hybridized carbons (Fsp3) is 0.120. The van der Waals surface area contributed by atoms with Crippen LogP contribution in [0, 0.1) is 6.92 Å². The molecule has 0 fully saturated rings. The van der Waals surface area contributed by atoms with Gasteiger partial charge in [-0.1, -0.05) is 48.0 Å². The van der Waals surface area contributed by atoms with Gasteiger partial charge in [0.15, 0.2) is 9.84 Å². The molecule has 4 rings (SSSR count).